The maximum Gasteiger partial charge on any atom is 0.302 e. The minimum Gasteiger partial charge on any atom is -0.507 e. The molecule has 1 amide bonds. The number of H-pyrrole nitrogens is 1. The largest absolute Gasteiger partial charge is 0.507 e. The van der Waals surface area contributed by atoms with Crippen molar-refractivity contribution in [2.75, 3.05) is 24.7 Å². The lowest BCUT2D eigenvalue weighted by Gasteiger charge is -2.24. The van der Waals surface area contributed by atoms with E-state index in [0.717, 1.165) is 0 Å². The van der Waals surface area contributed by atoms with Gasteiger partial charge in [-0.15, -0.1) is 0 Å². The first kappa shape index (κ1) is 26.6. The minimum atomic E-state index is -1.10. The number of carbonyl (C=O) groups excluding carboxylic acids is 2. The molecule has 1 atom stereocenters. The second-order valence-corrected chi connectivity index (χ2v) is 8.93. The Morgan fingerprint density at radius 2 is 1.65 bits per heavy atom. The van der Waals surface area contributed by atoms with Gasteiger partial charge in [0.25, 0.3) is 5.78 Å². The fraction of sp³-hybridized carbons (Fsp3) is 0.233. The van der Waals surface area contributed by atoms with Crippen molar-refractivity contribution in [1.82, 2.24) is 9.97 Å². The summed E-state index contributed by atoms with van der Waals surface area (Å²) in [6.07, 6.45) is 0. The predicted octanol–water partition coefficient (Wildman–Crippen LogP) is 5.09. The Hall–Kier alpha value is -4.99. The molecule has 1 aromatic heterocycles. The fourth-order valence-corrected chi connectivity index (χ4v) is 4.77. The Morgan fingerprint density at radius 1 is 0.925 bits per heavy atom. The lowest BCUT2D eigenvalue weighted by molar-refractivity contribution is -0.132. The van der Waals surface area contributed by atoms with E-state index in [1.54, 1.807) is 56.3 Å². The number of fused-ring (bicyclic) bond motifs is 1. The molecule has 10 nitrogen and oxygen atoms in total. The zero-order valence-corrected chi connectivity index (χ0v) is 22.3. The maximum absolute atomic E-state index is 13.6. The van der Waals surface area contributed by atoms with Gasteiger partial charge in [0.05, 0.1) is 48.0 Å². The maximum atomic E-state index is 13.6. The van der Waals surface area contributed by atoms with E-state index < -0.39 is 23.5 Å². The molecule has 3 aromatic carbocycles. The molecule has 10 heteroatoms. The number of hydrogen-bond donors (Lipinski definition) is 3. The standard InChI is InChI=1S/C30H29N3O7/c1-4-38-18-12-13-19(23(16-18)39-5-2)27(35)25-26(17-11-14-22(34)24(15-17)40-6-3)33(29(37)28(25)36)30-31-20-9-7-8-10-21(20)32-30/h7-16,26,34-35H,4-6H2,1-3H3,(H,31,32)/b27-25+. The molecule has 0 radical (unpaired) electrons. The summed E-state index contributed by atoms with van der Waals surface area (Å²) in [7, 11) is 0. The third-order valence-corrected chi connectivity index (χ3v) is 6.47. The van der Waals surface area contributed by atoms with Gasteiger partial charge in [-0.2, -0.15) is 0 Å². The average molecular weight is 544 g/mol. The molecule has 1 aliphatic heterocycles. The summed E-state index contributed by atoms with van der Waals surface area (Å²) in [4.78, 5) is 36.1. The molecule has 5 rings (SSSR count). The van der Waals surface area contributed by atoms with Gasteiger partial charge >= 0.3 is 5.91 Å². The van der Waals surface area contributed by atoms with Crippen molar-refractivity contribution in [3.8, 4) is 23.0 Å². The number of Topliss-reactive ketones (excluding diaryl/α,β-unsaturated/α-hetero) is 1. The SMILES string of the molecule is CCOc1ccc(/C(O)=C2\C(=O)C(=O)N(c3nc4ccccc4[nH]3)C2c2ccc(O)c(OCC)c2)c(OCC)c1. The summed E-state index contributed by atoms with van der Waals surface area (Å²) in [5.41, 5.74) is 1.75. The number of aliphatic hydroxyl groups excluding tert-OH is 1. The van der Waals surface area contributed by atoms with Crippen molar-refractivity contribution in [2.24, 2.45) is 0 Å². The van der Waals surface area contributed by atoms with Crippen LogP contribution in [-0.2, 0) is 9.59 Å². The zero-order valence-electron chi connectivity index (χ0n) is 22.3. The number of nitrogens with one attached hydrogen (secondary N) is 1. The Kier molecular flexibility index (Phi) is 7.33. The van der Waals surface area contributed by atoms with Crippen LogP contribution in [-0.4, -0.2) is 51.7 Å². The predicted molar refractivity (Wildman–Crippen MR) is 149 cm³/mol. The van der Waals surface area contributed by atoms with E-state index in [9.17, 15) is 19.8 Å². The van der Waals surface area contributed by atoms with Crippen molar-refractivity contribution >= 4 is 34.4 Å². The lowest BCUT2D eigenvalue weighted by Crippen LogP contribution is -2.30. The summed E-state index contributed by atoms with van der Waals surface area (Å²) in [6.45, 7) is 6.43. The van der Waals surface area contributed by atoms with Crippen LogP contribution < -0.4 is 19.1 Å². The topological polar surface area (TPSA) is 134 Å². The third-order valence-electron chi connectivity index (χ3n) is 6.47. The number of aliphatic hydroxyl groups is 1. The molecule has 206 valence electrons. The molecule has 0 bridgehead atoms. The van der Waals surface area contributed by atoms with Crippen LogP contribution in [0.1, 0.15) is 37.9 Å². The second-order valence-electron chi connectivity index (χ2n) is 8.93. The van der Waals surface area contributed by atoms with E-state index in [1.165, 1.54) is 11.0 Å². The molecule has 1 fully saturated rings. The Labute approximate surface area is 230 Å². The monoisotopic (exact) mass is 543 g/mol. The van der Waals surface area contributed by atoms with E-state index in [2.05, 4.69) is 9.97 Å². The number of hydrogen-bond acceptors (Lipinski definition) is 8. The van der Waals surface area contributed by atoms with Gasteiger partial charge in [0.2, 0.25) is 5.95 Å². The zero-order chi connectivity index (χ0) is 28.4. The van der Waals surface area contributed by atoms with Gasteiger partial charge < -0.3 is 29.4 Å². The number of ketones is 1. The first-order valence-electron chi connectivity index (χ1n) is 13.0. The summed E-state index contributed by atoms with van der Waals surface area (Å²) in [6, 6.07) is 15.5. The molecule has 4 aromatic rings. The number of carbonyl (C=O) groups is 2. The van der Waals surface area contributed by atoms with Crippen molar-refractivity contribution in [3.63, 3.8) is 0 Å². The van der Waals surface area contributed by atoms with Gasteiger partial charge in [-0.3, -0.25) is 14.5 Å². The van der Waals surface area contributed by atoms with Crippen LogP contribution in [0.25, 0.3) is 16.8 Å². The summed E-state index contributed by atoms with van der Waals surface area (Å²) in [5.74, 6) is -1.16. The highest BCUT2D eigenvalue weighted by Gasteiger charge is 2.48. The van der Waals surface area contributed by atoms with Crippen LogP contribution in [0.4, 0.5) is 5.95 Å². The van der Waals surface area contributed by atoms with Gasteiger partial charge in [-0.25, -0.2) is 4.98 Å². The number of rotatable bonds is 9. The highest BCUT2D eigenvalue weighted by atomic mass is 16.5. The number of benzene rings is 3. The molecule has 3 N–H and O–H groups in total. The van der Waals surface area contributed by atoms with Crippen LogP contribution in [0.2, 0.25) is 0 Å². The molecule has 0 saturated carbocycles. The lowest BCUT2D eigenvalue weighted by atomic mass is 9.94. The number of para-hydroxylation sites is 2. The highest BCUT2D eigenvalue weighted by molar-refractivity contribution is 6.51. The number of aromatic amines is 1. The first-order valence-corrected chi connectivity index (χ1v) is 13.0. The van der Waals surface area contributed by atoms with Crippen LogP contribution in [0, 0.1) is 0 Å². The van der Waals surface area contributed by atoms with Crippen molar-refractivity contribution in [3.05, 3.63) is 77.4 Å². The van der Waals surface area contributed by atoms with Crippen LogP contribution >= 0.6 is 0 Å². The Bertz CT molecular complexity index is 1590. The molecule has 1 unspecified atom stereocenters. The summed E-state index contributed by atoms with van der Waals surface area (Å²) in [5, 5.41) is 22.0. The number of nitrogens with zero attached hydrogens (tertiary/aromatic N) is 2. The number of anilines is 1. The van der Waals surface area contributed by atoms with Crippen LogP contribution in [0.15, 0.2) is 66.2 Å². The number of phenols is 1. The number of amides is 1. The van der Waals surface area contributed by atoms with E-state index in [0.29, 0.717) is 41.3 Å². The van der Waals surface area contributed by atoms with Gasteiger partial charge in [-0.1, -0.05) is 18.2 Å². The third kappa shape index (κ3) is 4.68. The molecule has 0 spiro atoms. The molecule has 40 heavy (non-hydrogen) atoms. The molecule has 1 saturated heterocycles. The number of phenolic OH excluding ortho intramolecular Hbond substituents is 1. The van der Waals surface area contributed by atoms with Gasteiger partial charge in [0.15, 0.2) is 11.5 Å². The fourth-order valence-electron chi connectivity index (χ4n) is 4.77. The van der Waals surface area contributed by atoms with Crippen LogP contribution in [0.5, 0.6) is 23.0 Å². The van der Waals surface area contributed by atoms with Gasteiger partial charge in [-0.05, 0) is 62.7 Å². The quantitative estimate of drug-likeness (QED) is 0.151. The molecule has 1 aliphatic rings. The van der Waals surface area contributed by atoms with Crippen molar-refractivity contribution < 1.29 is 34.0 Å². The Morgan fingerprint density at radius 3 is 2.38 bits per heavy atom. The summed E-state index contributed by atoms with van der Waals surface area (Å²) < 4.78 is 16.9. The van der Waals surface area contributed by atoms with E-state index in [-0.39, 0.29) is 35.2 Å². The Balaban J connectivity index is 1.74. The van der Waals surface area contributed by atoms with E-state index >= 15 is 0 Å². The van der Waals surface area contributed by atoms with Crippen molar-refractivity contribution in [2.45, 2.75) is 26.8 Å². The summed E-state index contributed by atoms with van der Waals surface area (Å²) >= 11 is 0. The highest BCUT2D eigenvalue weighted by Crippen LogP contribution is 2.45. The van der Waals surface area contributed by atoms with E-state index in [1.807, 2.05) is 19.1 Å². The number of aromatic hydroxyl groups is 1. The second kappa shape index (κ2) is 11.0. The number of ether oxygens (including phenoxy) is 3. The van der Waals surface area contributed by atoms with Crippen LogP contribution in [0.3, 0.4) is 0 Å². The van der Waals surface area contributed by atoms with Gasteiger partial charge in [0.1, 0.15) is 17.3 Å². The van der Waals surface area contributed by atoms with E-state index in [4.69, 9.17) is 14.2 Å². The smallest absolute Gasteiger partial charge is 0.302 e. The first-order chi connectivity index (χ1) is 19.4. The molecule has 2 heterocycles. The van der Waals surface area contributed by atoms with Crippen molar-refractivity contribution in [1.29, 1.82) is 0 Å². The molecule has 0 aliphatic carbocycles. The molecular formula is C30H29N3O7. The normalized spacial score (nSPS) is 16.5. The average Bonchev–Trinajstić information content (AvgIpc) is 3.48. The number of aromatic nitrogens is 2. The van der Waals surface area contributed by atoms with Gasteiger partial charge in [0, 0.05) is 6.07 Å². The molecular weight excluding hydrogens is 514 g/mol. The number of imidazole rings is 1. The minimum absolute atomic E-state index is 0.101.